The molecule has 24 heavy (non-hydrogen) atoms. The molecule has 2 N–H and O–H groups in total. The molecule has 0 aromatic carbocycles. The smallest absolute Gasteiger partial charge is 0.142 e. The average Bonchev–Trinajstić information content (AvgIpc) is 2.52. The summed E-state index contributed by atoms with van der Waals surface area (Å²) >= 11 is 0. The number of rotatable bonds is 2. The van der Waals surface area contributed by atoms with Crippen molar-refractivity contribution in [3.05, 3.63) is 12.7 Å². The number of ketones is 1. The summed E-state index contributed by atoms with van der Waals surface area (Å²) in [5.41, 5.74) is -1.87. The maximum atomic E-state index is 13.1. The number of aliphatic hydroxyl groups excluding tert-OH is 2. The number of hydrogen-bond acceptors (Lipinski definition) is 4. The van der Waals surface area contributed by atoms with Crippen LogP contribution in [0.15, 0.2) is 12.7 Å². The lowest BCUT2D eigenvalue weighted by Gasteiger charge is -2.65. The lowest BCUT2D eigenvalue weighted by atomic mass is 9.43. The van der Waals surface area contributed by atoms with Crippen molar-refractivity contribution in [2.75, 3.05) is 6.61 Å². The normalized spacial score (nSPS) is 54.8. The molecule has 0 aromatic rings. The first-order valence-corrected chi connectivity index (χ1v) is 9.22. The van der Waals surface area contributed by atoms with Crippen LogP contribution in [0.4, 0.5) is 0 Å². The molecule has 3 fully saturated rings. The minimum atomic E-state index is -0.764. The molecule has 2 saturated carbocycles. The van der Waals surface area contributed by atoms with Crippen LogP contribution < -0.4 is 0 Å². The maximum absolute atomic E-state index is 13.1. The molecule has 4 heteroatoms. The molecule has 136 valence electrons. The van der Waals surface area contributed by atoms with Crippen LogP contribution in [0.1, 0.15) is 59.8 Å². The molecular weight excluding hydrogens is 304 g/mol. The van der Waals surface area contributed by atoms with Gasteiger partial charge in [-0.1, -0.05) is 19.9 Å². The summed E-state index contributed by atoms with van der Waals surface area (Å²) in [6.45, 7) is 12.0. The maximum Gasteiger partial charge on any atom is 0.142 e. The molecule has 7 atom stereocenters. The highest BCUT2D eigenvalue weighted by Crippen LogP contribution is 2.64. The van der Waals surface area contributed by atoms with Gasteiger partial charge < -0.3 is 14.9 Å². The van der Waals surface area contributed by atoms with Crippen molar-refractivity contribution in [3.8, 4) is 0 Å². The predicted molar refractivity (Wildman–Crippen MR) is 92.5 cm³/mol. The summed E-state index contributed by atoms with van der Waals surface area (Å²) in [6, 6.07) is 0. The molecule has 0 aromatic heterocycles. The van der Waals surface area contributed by atoms with Crippen LogP contribution in [0.25, 0.3) is 0 Å². The molecule has 2 aliphatic carbocycles. The molecule has 1 aliphatic heterocycles. The monoisotopic (exact) mass is 336 g/mol. The van der Waals surface area contributed by atoms with Gasteiger partial charge in [0.15, 0.2) is 0 Å². The van der Waals surface area contributed by atoms with Gasteiger partial charge >= 0.3 is 0 Å². The Morgan fingerprint density at radius 1 is 1.21 bits per heavy atom. The zero-order valence-corrected chi connectivity index (χ0v) is 15.5. The van der Waals surface area contributed by atoms with E-state index in [0.29, 0.717) is 0 Å². The van der Waals surface area contributed by atoms with Crippen LogP contribution in [0.2, 0.25) is 0 Å². The predicted octanol–water partition coefficient (Wildman–Crippen LogP) is 2.87. The number of fused-ring (bicyclic) bond motifs is 3. The lowest BCUT2D eigenvalue weighted by Crippen LogP contribution is -2.68. The Bertz CT molecular complexity index is 560. The van der Waals surface area contributed by atoms with Crippen LogP contribution in [0.5, 0.6) is 0 Å². The first kappa shape index (κ1) is 18.1. The molecule has 0 spiro atoms. The van der Waals surface area contributed by atoms with Crippen LogP contribution in [0.3, 0.4) is 0 Å². The van der Waals surface area contributed by atoms with E-state index in [2.05, 4.69) is 27.4 Å². The third-order valence-corrected chi connectivity index (χ3v) is 7.82. The van der Waals surface area contributed by atoms with Gasteiger partial charge in [0, 0.05) is 23.2 Å². The fourth-order valence-electron chi connectivity index (χ4n) is 6.15. The van der Waals surface area contributed by atoms with Crippen LogP contribution >= 0.6 is 0 Å². The highest BCUT2D eigenvalue weighted by molar-refractivity contribution is 5.87. The van der Waals surface area contributed by atoms with Gasteiger partial charge in [0.2, 0.25) is 0 Å². The number of ether oxygens (including phenoxy) is 1. The van der Waals surface area contributed by atoms with Gasteiger partial charge in [-0.3, -0.25) is 4.79 Å². The van der Waals surface area contributed by atoms with Crippen molar-refractivity contribution in [3.63, 3.8) is 0 Å². The molecule has 3 aliphatic rings. The quantitative estimate of drug-likeness (QED) is 0.761. The third-order valence-electron chi connectivity index (χ3n) is 7.82. The second kappa shape index (κ2) is 5.39. The van der Waals surface area contributed by atoms with Gasteiger partial charge in [-0.05, 0) is 45.4 Å². The van der Waals surface area contributed by atoms with Crippen LogP contribution in [-0.4, -0.2) is 39.9 Å². The third kappa shape index (κ3) is 2.19. The van der Waals surface area contributed by atoms with Crippen molar-refractivity contribution >= 4 is 5.78 Å². The zero-order valence-electron chi connectivity index (χ0n) is 15.5. The van der Waals surface area contributed by atoms with Gasteiger partial charge in [-0.15, -0.1) is 6.58 Å². The fourth-order valence-corrected chi connectivity index (χ4v) is 6.15. The summed E-state index contributed by atoms with van der Waals surface area (Å²) in [7, 11) is 0. The van der Waals surface area contributed by atoms with Gasteiger partial charge in [-0.2, -0.15) is 0 Å². The first-order valence-electron chi connectivity index (χ1n) is 9.22. The van der Waals surface area contributed by atoms with Crippen molar-refractivity contribution < 1.29 is 19.7 Å². The lowest BCUT2D eigenvalue weighted by molar-refractivity contribution is -0.257. The summed E-state index contributed by atoms with van der Waals surface area (Å²) in [5.74, 6) is 0.233. The Hall–Kier alpha value is -0.710. The Labute approximate surface area is 145 Å². The number of carbonyl (C=O) groups is 1. The summed E-state index contributed by atoms with van der Waals surface area (Å²) < 4.78 is 6.51. The van der Waals surface area contributed by atoms with E-state index in [-0.39, 0.29) is 41.8 Å². The highest BCUT2D eigenvalue weighted by atomic mass is 16.5. The summed E-state index contributed by atoms with van der Waals surface area (Å²) in [5, 5.41) is 20.5. The molecule has 0 amide bonds. The molecule has 3 rings (SSSR count). The summed E-state index contributed by atoms with van der Waals surface area (Å²) in [4.78, 5) is 13.1. The molecule has 0 unspecified atom stereocenters. The molecule has 0 radical (unpaired) electrons. The van der Waals surface area contributed by atoms with Gasteiger partial charge in [0.05, 0.1) is 23.9 Å². The number of aliphatic hydroxyl groups is 2. The van der Waals surface area contributed by atoms with Gasteiger partial charge in [0.25, 0.3) is 0 Å². The largest absolute Gasteiger partial charge is 0.396 e. The second-order valence-electron chi connectivity index (χ2n) is 9.20. The molecule has 4 nitrogen and oxygen atoms in total. The Kier molecular flexibility index (Phi) is 4.06. The van der Waals surface area contributed by atoms with E-state index in [1.54, 1.807) is 0 Å². The average molecular weight is 336 g/mol. The van der Waals surface area contributed by atoms with Crippen molar-refractivity contribution in [1.82, 2.24) is 0 Å². The first-order chi connectivity index (χ1) is 11.1. The number of hydrogen-bond donors (Lipinski definition) is 2. The topological polar surface area (TPSA) is 66.8 Å². The van der Waals surface area contributed by atoms with E-state index < -0.39 is 16.9 Å². The Morgan fingerprint density at radius 2 is 1.83 bits per heavy atom. The van der Waals surface area contributed by atoms with Crippen molar-refractivity contribution in [2.24, 2.45) is 22.7 Å². The minimum Gasteiger partial charge on any atom is -0.396 e. The van der Waals surface area contributed by atoms with Crippen molar-refractivity contribution in [1.29, 1.82) is 0 Å². The Morgan fingerprint density at radius 3 is 2.42 bits per heavy atom. The molecule has 0 bridgehead atoms. The second-order valence-corrected chi connectivity index (χ2v) is 9.20. The number of carbonyl (C=O) groups excluding carboxylic acids is 1. The van der Waals surface area contributed by atoms with Crippen molar-refractivity contribution in [2.45, 2.75) is 77.1 Å². The number of Topliss-reactive ketones (excluding diaryl/α,β-unsaturated/α-hetero) is 1. The van der Waals surface area contributed by atoms with E-state index in [9.17, 15) is 15.0 Å². The molecular formula is C20H32O4. The summed E-state index contributed by atoms with van der Waals surface area (Å²) in [6.07, 6.45) is 4.65. The highest BCUT2D eigenvalue weighted by Gasteiger charge is 2.67. The standard InChI is InChI=1S/C20H32O4/c1-6-17(2)9-7-14-19(4,24-17)10-8-13-18(3,12-21)15(22)11-16(23)20(13,14)5/h6,13-15,21-22H,1,7-12H2,2-5H3/t13-,14-,15+,17-,18-,19+,20-/m0/s1. The van der Waals surface area contributed by atoms with E-state index >= 15 is 0 Å². The van der Waals surface area contributed by atoms with E-state index in [1.165, 1.54) is 0 Å². The van der Waals surface area contributed by atoms with Gasteiger partial charge in [-0.25, -0.2) is 0 Å². The van der Waals surface area contributed by atoms with E-state index in [4.69, 9.17) is 4.74 Å². The molecule has 1 saturated heterocycles. The van der Waals surface area contributed by atoms with E-state index in [0.717, 1.165) is 25.7 Å². The Balaban J connectivity index is 2.04. The van der Waals surface area contributed by atoms with E-state index in [1.807, 2.05) is 13.0 Å². The zero-order chi connectivity index (χ0) is 18.0. The fraction of sp³-hybridized carbons (Fsp3) is 0.850. The van der Waals surface area contributed by atoms with Crippen LogP contribution in [0, 0.1) is 22.7 Å². The van der Waals surface area contributed by atoms with Gasteiger partial charge in [0.1, 0.15) is 5.78 Å². The molecule has 1 heterocycles. The SMILES string of the molecule is C=C[C@@]1(C)CC[C@@H]2[C@@]3(C)C(=O)C[C@@H](O)[C@@](C)(CO)[C@@H]3CC[C@@]2(C)O1. The van der Waals surface area contributed by atoms with Crippen LogP contribution in [-0.2, 0) is 9.53 Å². The minimum absolute atomic E-state index is 0.0130.